The summed E-state index contributed by atoms with van der Waals surface area (Å²) in [5, 5.41) is 38.6. The summed E-state index contributed by atoms with van der Waals surface area (Å²) in [6.45, 7) is 27.1. The first-order valence-corrected chi connectivity index (χ1v) is 23.4. The first-order valence-electron chi connectivity index (χ1n) is 23.4. The van der Waals surface area contributed by atoms with Crippen molar-refractivity contribution in [3.05, 3.63) is 88.6 Å². The van der Waals surface area contributed by atoms with Crippen LogP contribution in [0, 0.1) is 49.8 Å². The summed E-state index contributed by atoms with van der Waals surface area (Å²) >= 11 is 0. The second-order valence-corrected chi connectivity index (χ2v) is 22.1. The largest absolute Gasteiger partial charge is 0.473 e. The van der Waals surface area contributed by atoms with Gasteiger partial charge >= 0.3 is 30.2 Å². The van der Waals surface area contributed by atoms with Gasteiger partial charge in [-0.3, -0.25) is 20.2 Å². The molecule has 6 aliphatic rings. The van der Waals surface area contributed by atoms with Crippen LogP contribution in [0.5, 0.6) is 0 Å². The molecule has 9 rings (SSSR count). The van der Waals surface area contributed by atoms with Gasteiger partial charge < -0.3 is 67.4 Å². The average molecular weight is 1160 g/mol. The molecule has 6 aliphatic heterocycles. The number of ether oxygens (including phenoxy) is 3. The van der Waals surface area contributed by atoms with Gasteiger partial charge in [0.15, 0.2) is 0 Å². The maximum absolute atomic E-state index is 12.0. The monoisotopic (exact) mass is 1160 g/mol. The quantitative estimate of drug-likeness (QED) is 0.0488. The predicted octanol–water partition coefficient (Wildman–Crippen LogP) is 5.33. The number of aromatic nitrogens is 3. The zero-order valence-electron chi connectivity index (χ0n) is 44.2. The zero-order valence-corrected chi connectivity index (χ0v) is 45.8. The number of nitrogens with zero attached hydrogens (tertiary/aromatic N) is 10. The summed E-state index contributed by atoms with van der Waals surface area (Å²) < 4.78 is 28.0. The normalized spacial score (nSPS) is 17.5. The number of pyridine rings is 3. The molecule has 0 atom stereocenters. The summed E-state index contributed by atoms with van der Waals surface area (Å²) in [7, 11) is 0. The van der Waals surface area contributed by atoms with Crippen molar-refractivity contribution in [1.82, 2.24) is 35.0 Å². The standard InChI is InChI=1S/C15H20N4O4.C15H22N4O2.C10H18N2O2.C5H3FN2O2.C2H2O4.CH3.Pd/c1-14(2,3)23-13(20)18-9-15(10-18)7-17(8-15)12-5-4-11(6-16-12)19(21)22;1-14(2,3)21-13(20)19-9-15(10-19)7-18(8-15)12-5-4-11(16)6-17-12;1-9(2,3)14-8(13)12-6-10(7-12)4-11-5-10;6-5-2-1-4(3-7-5)8(9)10;3-1(4)2(5)6;;/h4-6H,7-10H2,1-3H3;4-6H,7-10,16H2,1-3H3;11H,4-7H2,1-3H3;1-3H;(H,3,4)(H,5,6);1H3;/q;;;;;-1;. The minimum Gasteiger partial charge on any atom is -0.473 e. The number of nitrogens with two attached hydrogens (primary N) is 1. The van der Waals surface area contributed by atoms with Gasteiger partial charge in [-0.2, -0.15) is 4.39 Å². The van der Waals surface area contributed by atoms with Gasteiger partial charge in [-0.15, -0.1) is 0 Å². The fourth-order valence-corrected chi connectivity index (χ4v) is 8.34. The van der Waals surface area contributed by atoms with Crippen molar-refractivity contribution in [2.75, 3.05) is 94.1 Å². The number of likely N-dealkylation sites (tertiary alicyclic amines) is 3. The zero-order chi connectivity index (χ0) is 55.2. The van der Waals surface area contributed by atoms with Gasteiger partial charge in [-0.25, -0.2) is 38.9 Å². The molecule has 0 saturated carbocycles. The molecule has 3 aromatic heterocycles. The molecule has 5 N–H and O–H groups in total. The Morgan fingerprint density at radius 2 is 0.908 bits per heavy atom. The maximum atomic E-state index is 12.0. The van der Waals surface area contributed by atoms with Gasteiger partial charge in [0, 0.05) is 127 Å². The van der Waals surface area contributed by atoms with Crippen molar-refractivity contribution in [2.45, 2.75) is 79.1 Å². The average Bonchev–Trinajstić information content (AvgIpc) is 3.18. The first-order chi connectivity index (χ1) is 34.2. The van der Waals surface area contributed by atoms with E-state index in [0.29, 0.717) is 24.2 Å². The molecule has 26 nitrogen and oxygen atoms in total. The van der Waals surface area contributed by atoms with Crippen LogP contribution in [0.15, 0.2) is 55.0 Å². The number of hydrogen-bond donors (Lipinski definition) is 4. The number of carbonyl (C=O) groups excluding carboxylic acids is 3. The van der Waals surface area contributed by atoms with Crippen molar-refractivity contribution in [3.8, 4) is 0 Å². The number of carboxylic acids is 2. The van der Waals surface area contributed by atoms with Gasteiger partial charge in [0.25, 0.3) is 11.4 Å². The molecule has 3 spiro atoms. The predicted molar refractivity (Wildman–Crippen MR) is 270 cm³/mol. The van der Waals surface area contributed by atoms with Gasteiger partial charge in [0.1, 0.15) is 40.8 Å². The first kappa shape index (κ1) is 63.2. The fraction of sp³-hybridized carbons (Fsp3) is 0.562. The van der Waals surface area contributed by atoms with Crippen molar-refractivity contribution < 1.29 is 83.1 Å². The van der Waals surface area contributed by atoms with Crippen LogP contribution in [0.2, 0.25) is 0 Å². The number of carbonyl (C=O) groups is 5. The molecule has 6 saturated heterocycles. The van der Waals surface area contributed by atoms with Crippen LogP contribution in [0.3, 0.4) is 0 Å². The molecule has 0 aromatic carbocycles. The number of carboxylic acid groups (broad SMARTS) is 2. The second-order valence-electron chi connectivity index (χ2n) is 22.1. The summed E-state index contributed by atoms with van der Waals surface area (Å²) in [6, 6.07) is 8.92. The Bertz CT molecular complexity index is 2490. The number of nitro groups is 2. The molecule has 0 unspecified atom stereocenters. The number of halogens is 1. The SMILES string of the molecule is CC(C)(C)OC(=O)N1CC2(C1)CN(c1ccc(N)cn1)C2.CC(C)(C)OC(=O)N1CC2(C1)CN(c1ccc([N+](=O)[O-])cn1)C2.CC(C)(C)OC(=O)N1CC2(CNC2)C1.O=C(O)C(=O)O.O=[N+]([O-])c1ccc(F)nc1.[CH3-].[Pd]. The molecule has 0 aliphatic carbocycles. The van der Waals surface area contributed by atoms with E-state index in [0.717, 1.165) is 95.4 Å². The van der Waals surface area contributed by atoms with Crippen molar-refractivity contribution >= 4 is 58.9 Å². The summed E-state index contributed by atoms with van der Waals surface area (Å²) in [5.41, 5.74) is 5.53. The molecule has 76 heavy (non-hydrogen) atoms. The Labute approximate surface area is 453 Å². The van der Waals surface area contributed by atoms with E-state index in [1.165, 1.54) is 12.3 Å². The van der Waals surface area contributed by atoms with Crippen LogP contribution in [-0.2, 0) is 44.2 Å². The van der Waals surface area contributed by atoms with E-state index in [1.807, 2.05) is 74.4 Å². The Hall–Kier alpha value is -7.05. The van der Waals surface area contributed by atoms with Crippen LogP contribution >= 0.6 is 0 Å². The van der Waals surface area contributed by atoms with E-state index >= 15 is 0 Å². The third-order valence-electron chi connectivity index (χ3n) is 11.7. The van der Waals surface area contributed by atoms with Crippen LogP contribution in [0.4, 0.5) is 47.5 Å². The molecule has 9 heterocycles. The Morgan fingerprint density at radius 3 is 1.16 bits per heavy atom. The Balaban J connectivity index is 0.000000264. The van der Waals surface area contributed by atoms with Crippen molar-refractivity contribution in [1.29, 1.82) is 0 Å². The smallest absolute Gasteiger partial charge is 0.414 e. The molecule has 422 valence electrons. The minimum absolute atomic E-state index is 0. The minimum atomic E-state index is -1.82. The third-order valence-corrected chi connectivity index (χ3v) is 11.7. The number of anilines is 3. The fourth-order valence-electron chi connectivity index (χ4n) is 8.34. The number of nitrogen functional groups attached to an aromatic ring is 1. The van der Waals surface area contributed by atoms with E-state index in [-0.39, 0.29) is 73.9 Å². The molecule has 6 fully saturated rings. The number of amides is 3. The molecule has 3 aromatic rings. The Morgan fingerprint density at radius 1 is 0.579 bits per heavy atom. The molecular formula is C48H68FN12O14Pd-. The topological polar surface area (TPSA) is 333 Å². The van der Waals surface area contributed by atoms with Crippen molar-refractivity contribution in [2.24, 2.45) is 16.2 Å². The van der Waals surface area contributed by atoms with Gasteiger partial charge in [-0.1, -0.05) is 0 Å². The number of aliphatic carboxylic acids is 2. The van der Waals surface area contributed by atoms with Crippen LogP contribution in [0.25, 0.3) is 0 Å². The number of rotatable bonds is 4. The Kier molecular flexibility index (Phi) is 20.6. The van der Waals surface area contributed by atoms with Gasteiger partial charge in [-0.05, 0) is 86.6 Å². The van der Waals surface area contributed by atoms with E-state index in [4.69, 9.17) is 39.7 Å². The summed E-state index contributed by atoms with van der Waals surface area (Å²) in [6.07, 6.45) is 3.17. The van der Waals surface area contributed by atoms with Gasteiger partial charge in [0.05, 0.1) is 21.7 Å². The molecular weight excluding hydrogens is 1090 g/mol. The van der Waals surface area contributed by atoms with E-state index in [9.17, 15) is 39.0 Å². The van der Waals surface area contributed by atoms with Crippen LogP contribution in [0.1, 0.15) is 62.3 Å². The molecule has 0 radical (unpaired) electrons. The van der Waals surface area contributed by atoms with E-state index in [2.05, 4.69) is 30.1 Å². The second kappa shape index (κ2) is 24.7. The maximum Gasteiger partial charge on any atom is 0.414 e. The number of hydrogen-bond acceptors (Lipinski definition) is 19. The summed E-state index contributed by atoms with van der Waals surface area (Å²) in [5.74, 6) is -2.68. The van der Waals surface area contributed by atoms with Crippen molar-refractivity contribution in [3.63, 3.8) is 0 Å². The molecule has 28 heteroatoms. The summed E-state index contributed by atoms with van der Waals surface area (Å²) in [4.78, 5) is 94.2. The van der Waals surface area contributed by atoms with Crippen LogP contribution in [-0.4, -0.2) is 175 Å². The molecule has 3 amide bonds. The van der Waals surface area contributed by atoms with E-state index in [1.54, 1.807) is 27.0 Å². The van der Waals surface area contributed by atoms with Crippen LogP contribution < -0.4 is 20.9 Å². The molecule has 0 bridgehead atoms. The third kappa shape index (κ3) is 17.8. The van der Waals surface area contributed by atoms with E-state index < -0.39 is 38.9 Å². The number of nitrogens with one attached hydrogen (secondary N) is 1. The van der Waals surface area contributed by atoms with Gasteiger partial charge in [0.2, 0.25) is 5.95 Å².